The lowest BCUT2D eigenvalue weighted by Crippen LogP contribution is -2.66. The molecule has 3 heterocycles. The number of aliphatic hydroxyl groups excluding tert-OH is 11. The molecule has 15 atom stereocenters. The van der Waals surface area contributed by atoms with Gasteiger partial charge in [-0.15, -0.1) is 0 Å². The Balaban J connectivity index is 1.78. The van der Waals surface area contributed by atoms with E-state index in [2.05, 4.69) is 0 Å². The molecule has 1 unspecified atom stereocenters. The zero-order valence-electron chi connectivity index (χ0n) is 17.7. The second-order valence-electron chi connectivity index (χ2n) is 8.33. The fourth-order valence-corrected chi connectivity index (χ4v) is 4.04. The molecule has 0 aliphatic carbocycles. The average molecular weight is 504 g/mol. The number of hydrogen-bond donors (Lipinski definition) is 11. The lowest BCUT2D eigenvalue weighted by molar-refractivity contribution is -0.379. The molecule has 16 heteroatoms. The molecule has 0 aromatic rings. The molecule has 0 radical (unpaired) electrons. The van der Waals surface area contributed by atoms with Crippen LogP contribution >= 0.6 is 0 Å². The fraction of sp³-hybridized carbons (Fsp3) is 1.00. The quantitative estimate of drug-likeness (QED) is 0.154. The average Bonchev–Trinajstić information content (AvgIpc) is 2.82. The highest BCUT2D eigenvalue weighted by atomic mass is 16.7. The summed E-state index contributed by atoms with van der Waals surface area (Å²) in [4.78, 5) is 0. The van der Waals surface area contributed by atoms with E-state index in [0.29, 0.717) is 0 Å². The first-order chi connectivity index (χ1) is 16.0. The van der Waals surface area contributed by atoms with Crippen LogP contribution < -0.4 is 0 Å². The highest BCUT2D eigenvalue weighted by Gasteiger charge is 2.53. The van der Waals surface area contributed by atoms with Gasteiger partial charge in [-0.1, -0.05) is 0 Å². The Bertz CT molecular complexity index is 639. The van der Waals surface area contributed by atoms with Crippen molar-refractivity contribution < 1.29 is 79.9 Å². The molecule has 3 aliphatic heterocycles. The Hall–Kier alpha value is -0.640. The Morgan fingerprint density at radius 2 is 0.853 bits per heavy atom. The first kappa shape index (κ1) is 27.9. The molecule has 0 amide bonds. The number of hydrogen-bond acceptors (Lipinski definition) is 16. The lowest BCUT2D eigenvalue weighted by atomic mass is 9.96. The van der Waals surface area contributed by atoms with Gasteiger partial charge in [0.05, 0.1) is 19.8 Å². The third-order valence-electron chi connectivity index (χ3n) is 6.09. The van der Waals surface area contributed by atoms with Crippen LogP contribution in [0.2, 0.25) is 0 Å². The Labute approximate surface area is 192 Å². The minimum atomic E-state index is -1.92. The van der Waals surface area contributed by atoms with Crippen LogP contribution in [0.3, 0.4) is 0 Å². The summed E-state index contributed by atoms with van der Waals surface area (Å²) >= 11 is 0. The number of ether oxygens (including phenoxy) is 5. The number of aliphatic hydroxyl groups is 11. The van der Waals surface area contributed by atoms with Crippen LogP contribution in [0, 0.1) is 0 Å². The Morgan fingerprint density at radius 1 is 0.441 bits per heavy atom. The van der Waals surface area contributed by atoms with Crippen molar-refractivity contribution in [2.24, 2.45) is 0 Å². The highest BCUT2D eigenvalue weighted by Crippen LogP contribution is 2.32. The number of rotatable bonds is 7. The molecule has 16 nitrogen and oxygen atoms in total. The van der Waals surface area contributed by atoms with Gasteiger partial charge in [-0.25, -0.2) is 0 Å². The van der Waals surface area contributed by atoms with Gasteiger partial charge in [0.1, 0.15) is 73.2 Å². The Morgan fingerprint density at radius 3 is 1.35 bits per heavy atom. The van der Waals surface area contributed by atoms with Gasteiger partial charge in [-0.3, -0.25) is 0 Å². The van der Waals surface area contributed by atoms with E-state index in [4.69, 9.17) is 23.7 Å². The molecule has 0 aromatic carbocycles. The van der Waals surface area contributed by atoms with Gasteiger partial charge in [-0.2, -0.15) is 0 Å². The van der Waals surface area contributed by atoms with Gasteiger partial charge in [-0.05, 0) is 0 Å². The first-order valence-corrected chi connectivity index (χ1v) is 10.6. The van der Waals surface area contributed by atoms with E-state index >= 15 is 0 Å². The molecule has 11 N–H and O–H groups in total. The second-order valence-corrected chi connectivity index (χ2v) is 8.33. The van der Waals surface area contributed by atoms with E-state index in [-0.39, 0.29) is 0 Å². The van der Waals surface area contributed by atoms with Crippen LogP contribution in [0.1, 0.15) is 0 Å². The van der Waals surface area contributed by atoms with E-state index in [0.717, 1.165) is 0 Å². The Kier molecular flexibility index (Phi) is 9.54. The second kappa shape index (κ2) is 11.6. The van der Waals surface area contributed by atoms with Crippen molar-refractivity contribution in [2.75, 3.05) is 19.8 Å². The van der Waals surface area contributed by atoms with Crippen molar-refractivity contribution in [3.05, 3.63) is 0 Å². The maximum Gasteiger partial charge on any atom is 0.187 e. The lowest BCUT2D eigenvalue weighted by Gasteiger charge is -2.47. The van der Waals surface area contributed by atoms with Crippen LogP contribution in [0.4, 0.5) is 0 Å². The zero-order valence-corrected chi connectivity index (χ0v) is 17.7. The van der Waals surface area contributed by atoms with Crippen LogP contribution in [0.25, 0.3) is 0 Å². The van der Waals surface area contributed by atoms with Gasteiger partial charge in [0.25, 0.3) is 0 Å². The largest absolute Gasteiger partial charge is 0.394 e. The molecule has 200 valence electrons. The molecule has 0 bridgehead atoms. The van der Waals surface area contributed by atoms with E-state index in [9.17, 15) is 56.2 Å². The molecule has 3 fully saturated rings. The fourth-order valence-electron chi connectivity index (χ4n) is 4.04. The smallest absolute Gasteiger partial charge is 0.187 e. The molecular formula is C18H32O16. The predicted octanol–water partition coefficient (Wildman–Crippen LogP) is -7.57. The molecule has 0 spiro atoms. The summed E-state index contributed by atoms with van der Waals surface area (Å²) < 4.78 is 26.2. The van der Waals surface area contributed by atoms with Crippen molar-refractivity contribution in [2.45, 2.75) is 92.1 Å². The van der Waals surface area contributed by atoms with E-state index < -0.39 is 112 Å². The summed E-state index contributed by atoms with van der Waals surface area (Å²) in [5, 5.41) is 110. The maximum absolute atomic E-state index is 10.7. The van der Waals surface area contributed by atoms with Gasteiger partial charge < -0.3 is 79.9 Å². The van der Waals surface area contributed by atoms with Crippen LogP contribution in [0.15, 0.2) is 0 Å². The minimum Gasteiger partial charge on any atom is -0.394 e. The van der Waals surface area contributed by atoms with E-state index in [1.807, 2.05) is 0 Å². The third kappa shape index (κ3) is 5.37. The van der Waals surface area contributed by atoms with Crippen molar-refractivity contribution in [1.82, 2.24) is 0 Å². The molecule has 0 aromatic heterocycles. The highest BCUT2D eigenvalue weighted by molar-refractivity contribution is 4.96. The normalized spacial score (nSPS) is 52.5. The van der Waals surface area contributed by atoms with Crippen molar-refractivity contribution in [3.8, 4) is 0 Å². The zero-order chi connectivity index (χ0) is 25.3. The van der Waals surface area contributed by atoms with Crippen molar-refractivity contribution in [3.63, 3.8) is 0 Å². The van der Waals surface area contributed by atoms with Crippen LogP contribution in [-0.2, 0) is 23.7 Å². The third-order valence-corrected chi connectivity index (χ3v) is 6.09. The summed E-state index contributed by atoms with van der Waals surface area (Å²) in [6, 6.07) is 0. The minimum absolute atomic E-state index is 0.750. The van der Waals surface area contributed by atoms with E-state index in [1.165, 1.54) is 0 Å². The molecule has 3 saturated heterocycles. The summed E-state index contributed by atoms with van der Waals surface area (Å²) in [6.07, 6.45) is -25.5. The molecule has 3 aliphatic rings. The molecular weight excluding hydrogens is 472 g/mol. The monoisotopic (exact) mass is 504 g/mol. The van der Waals surface area contributed by atoms with Gasteiger partial charge in [0, 0.05) is 0 Å². The van der Waals surface area contributed by atoms with Crippen molar-refractivity contribution in [1.29, 1.82) is 0 Å². The predicted molar refractivity (Wildman–Crippen MR) is 101 cm³/mol. The summed E-state index contributed by atoms with van der Waals surface area (Å²) in [6.45, 7) is -2.33. The molecule has 34 heavy (non-hydrogen) atoms. The van der Waals surface area contributed by atoms with Gasteiger partial charge in [0.2, 0.25) is 0 Å². The first-order valence-electron chi connectivity index (χ1n) is 10.6. The molecule has 3 rings (SSSR count). The molecule has 0 saturated carbocycles. The standard InChI is InChI=1S/C18H32O16/c19-1-4-7(22)10(25)11(26)17(31-4)34-15-9(24)6(3-21)32-18(13(15)28)33-14-8(23)5(2-20)30-16(29)12(14)27/h4-29H,1-3H2/t4-,5-,6-,7+,8+,9+,10+,11-,12-,13-,14+,15+,16?,17-,18-/m1/s1. The SMILES string of the molecule is OC[C@H]1O[C@H](O[C@H]2[C@@H](O)[C@@H](CO)O[C@H](O[C@H]3[C@@H](O)[C@@H](CO)OC(O)[C@@H]3O)[C@@H]2O)[C@H](O)[C@@H](O)[C@H]1O. The van der Waals surface area contributed by atoms with Crippen molar-refractivity contribution >= 4 is 0 Å². The summed E-state index contributed by atoms with van der Waals surface area (Å²) in [5.41, 5.74) is 0. The van der Waals surface area contributed by atoms with Crippen LogP contribution in [0.5, 0.6) is 0 Å². The van der Waals surface area contributed by atoms with Crippen LogP contribution in [-0.4, -0.2) is 168 Å². The summed E-state index contributed by atoms with van der Waals surface area (Å²) in [5.74, 6) is 0. The van der Waals surface area contributed by atoms with Gasteiger partial charge in [0.15, 0.2) is 18.9 Å². The van der Waals surface area contributed by atoms with Gasteiger partial charge >= 0.3 is 0 Å². The topological polar surface area (TPSA) is 269 Å². The summed E-state index contributed by atoms with van der Waals surface area (Å²) in [7, 11) is 0. The van der Waals surface area contributed by atoms with E-state index in [1.54, 1.807) is 0 Å². The maximum atomic E-state index is 10.7.